The van der Waals surface area contributed by atoms with Gasteiger partial charge in [-0.2, -0.15) is 0 Å². The Labute approximate surface area is 201 Å². The summed E-state index contributed by atoms with van der Waals surface area (Å²) in [5.41, 5.74) is 7.28. The molecule has 0 fully saturated rings. The van der Waals surface area contributed by atoms with Crippen molar-refractivity contribution in [2.45, 2.75) is 19.5 Å². The maximum atomic E-state index is 4.48. The summed E-state index contributed by atoms with van der Waals surface area (Å²) in [6, 6.07) is 35.2. The Morgan fingerprint density at radius 3 is 1.51 bits per heavy atom. The van der Waals surface area contributed by atoms with Gasteiger partial charge < -0.3 is 9.80 Å². The summed E-state index contributed by atoms with van der Waals surface area (Å²) in [5.74, 6) is 0. The van der Waals surface area contributed by atoms with Crippen molar-refractivity contribution in [3.63, 3.8) is 0 Å². The molecule has 0 bridgehead atoms. The maximum absolute atomic E-state index is 4.48. The molecule has 0 saturated carbocycles. The molecule has 4 aromatic carbocycles. The number of benzene rings is 4. The van der Waals surface area contributed by atoms with E-state index in [9.17, 15) is 0 Å². The van der Waals surface area contributed by atoms with Gasteiger partial charge in [0.15, 0.2) is 0 Å². The first-order chi connectivity index (χ1) is 17.4. The van der Waals surface area contributed by atoms with Crippen LogP contribution in [0.3, 0.4) is 0 Å². The van der Waals surface area contributed by atoms with Crippen LogP contribution < -0.4 is 9.80 Å². The van der Waals surface area contributed by atoms with Gasteiger partial charge in [0.1, 0.15) is 30.5 Å². The summed E-state index contributed by atoms with van der Waals surface area (Å²) in [7, 11) is 0. The van der Waals surface area contributed by atoms with Crippen LogP contribution in [0.4, 0.5) is 11.4 Å². The van der Waals surface area contributed by atoms with E-state index in [2.05, 4.69) is 97.2 Å². The smallest absolute Gasteiger partial charge is 0.131 e. The van der Waals surface area contributed by atoms with Gasteiger partial charge in [-0.25, -0.2) is 9.36 Å². The highest BCUT2D eigenvalue weighted by molar-refractivity contribution is 5.79. The molecule has 170 valence electrons. The van der Waals surface area contributed by atoms with Gasteiger partial charge in [-0.1, -0.05) is 77.2 Å². The van der Waals surface area contributed by atoms with Crippen LogP contribution in [0.2, 0.25) is 0 Å². The molecule has 8 heteroatoms. The van der Waals surface area contributed by atoms with Crippen molar-refractivity contribution in [2.75, 3.05) is 9.80 Å². The lowest BCUT2D eigenvalue weighted by Crippen LogP contribution is -2.38. The number of fused-ring (bicyclic) bond motifs is 3. The zero-order valence-corrected chi connectivity index (χ0v) is 18.9. The van der Waals surface area contributed by atoms with Crippen molar-refractivity contribution < 1.29 is 0 Å². The average molecular weight is 459 g/mol. The molecule has 3 heterocycles. The molecule has 0 amide bonds. The topological polar surface area (TPSA) is 67.9 Å². The summed E-state index contributed by atoms with van der Waals surface area (Å²) >= 11 is 0. The Bertz CT molecular complexity index is 1530. The van der Waals surface area contributed by atoms with E-state index >= 15 is 0 Å². The summed E-state index contributed by atoms with van der Waals surface area (Å²) < 4.78 is 3.94. The zero-order chi connectivity index (χ0) is 23.2. The van der Waals surface area contributed by atoms with Crippen LogP contribution in [0, 0.1) is 0 Å². The molecule has 1 aliphatic heterocycles. The lowest BCUT2D eigenvalue weighted by atomic mass is 10.1. The molecule has 0 spiro atoms. The minimum Gasteiger partial charge on any atom is -0.326 e. The highest BCUT2D eigenvalue weighted by atomic mass is 15.6. The molecular weight excluding hydrogens is 436 g/mol. The molecule has 7 rings (SSSR count). The molecule has 0 saturated heterocycles. The van der Waals surface area contributed by atoms with Crippen molar-refractivity contribution in [3.8, 4) is 0 Å². The molecule has 0 N–H and O–H groups in total. The summed E-state index contributed by atoms with van der Waals surface area (Å²) in [4.78, 5) is 4.76. The van der Waals surface area contributed by atoms with Crippen LogP contribution in [0.5, 0.6) is 0 Å². The van der Waals surface area contributed by atoms with Crippen LogP contribution in [0.1, 0.15) is 11.7 Å². The molecule has 35 heavy (non-hydrogen) atoms. The normalized spacial score (nSPS) is 13.7. The Morgan fingerprint density at radius 2 is 0.971 bits per heavy atom. The van der Waals surface area contributed by atoms with Crippen molar-refractivity contribution in [3.05, 3.63) is 109 Å². The number of anilines is 2. The summed E-state index contributed by atoms with van der Waals surface area (Å²) in [6.45, 7) is 1.12. The number of nitrogens with zero attached hydrogens (tertiary/aromatic N) is 8. The van der Waals surface area contributed by atoms with Crippen LogP contribution in [-0.4, -0.2) is 30.0 Å². The van der Waals surface area contributed by atoms with Crippen LogP contribution in [0.15, 0.2) is 103 Å². The minimum absolute atomic E-state index is 0.0560. The molecule has 0 aliphatic carbocycles. The molecular formula is C27H22N8. The third-order valence-electron chi connectivity index (χ3n) is 6.60. The van der Waals surface area contributed by atoms with Gasteiger partial charge in [0.05, 0.1) is 22.4 Å². The van der Waals surface area contributed by atoms with E-state index in [1.54, 1.807) is 0 Å². The van der Waals surface area contributed by atoms with Gasteiger partial charge in [0, 0.05) is 0 Å². The second kappa shape index (κ2) is 7.95. The first-order valence-electron chi connectivity index (χ1n) is 11.6. The van der Waals surface area contributed by atoms with Gasteiger partial charge in [0.25, 0.3) is 0 Å². The number of hydrogen-bond donors (Lipinski definition) is 0. The van der Waals surface area contributed by atoms with Gasteiger partial charge in [0.2, 0.25) is 0 Å². The van der Waals surface area contributed by atoms with E-state index in [1.165, 1.54) is 5.56 Å². The molecule has 6 aromatic rings. The Morgan fingerprint density at radius 1 is 0.514 bits per heavy atom. The number of para-hydroxylation sites is 4. The lowest BCUT2D eigenvalue weighted by Gasteiger charge is -2.33. The van der Waals surface area contributed by atoms with Crippen LogP contribution in [-0.2, 0) is 13.3 Å². The highest BCUT2D eigenvalue weighted by Gasteiger charge is 2.37. The zero-order valence-electron chi connectivity index (χ0n) is 18.9. The second-order valence-electron chi connectivity index (χ2n) is 8.65. The van der Waals surface area contributed by atoms with E-state index in [0.717, 1.165) is 33.4 Å². The van der Waals surface area contributed by atoms with E-state index in [-0.39, 0.29) is 6.17 Å². The summed E-state index contributed by atoms with van der Waals surface area (Å²) in [5, 5.41) is 17.7. The Balaban J connectivity index is 1.36. The average Bonchev–Trinajstić information content (AvgIpc) is 3.60. The third-order valence-corrected chi connectivity index (χ3v) is 6.60. The third kappa shape index (κ3) is 3.22. The van der Waals surface area contributed by atoms with E-state index in [1.807, 2.05) is 45.8 Å². The maximum Gasteiger partial charge on any atom is 0.131 e. The minimum atomic E-state index is -0.0560. The molecule has 0 unspecified atom stereocenters. The van der Waals surface area contributed by atoms with Gasteiger partial charge in [-0.3, -0.25) is 0 Å². The number of rotatable bonds is 5. The first kappa shape index (κ1) is 19.7. The lowest BCUT2D eigenvalue weighted by molar-refractivity contribution is 0.473. The predicted octanol–water partition coefficient (Wildman–Crippen LogP) is 4.82. The van der Waals surface area contributed by atoms with Gasteiger partial charge in [-0.05, 0) is 42.0 Å². The highest BCUT2D eigenvalue weighted by Crippen LogP contribution is 2.47. The monoisotopic (exact) mass is 458 g/mol. The van der Waals surface area contributed by atoms with Gasteiger partial charge >= 0.3 is 0 Å². The van der Waals surface area contributed by atoms with Crippen molar-refractivity contribution in [1.82, 2.24) is 30.0 Å². The number of aromatic nitrogens is 6. The molecule has 0 radical (unpaired) electrons. The predicted molar refractivity (Wildman–Crippen MR) is 136 cm³/mol. The van der Waals surface area contributed by atoms with E-state index in [0.29, 0.717) is 13.3 Å². The quantitative estimate of drug-likeness (QED) is 0.369. The van der Waals surface area contributed by atoms with Crippen molar-refractivity contribution in [1.29, 1.82) is 0 Å². The standard InChI is InChI=1S/C27H22N8/c1-2-10-20(11-3-1)27-32(18-34-23-14-6-4-12-21(23)28-30-34)25-16-8-9-17-26(25)33(27)19-35-24-15-7-5-13-22(24)29-31-35/h1-17,27H,18-19H2. The fourth-order valence-electron chi connectivity index (χ4n) is 5.01. The Hall–Kier alpha value is -4.72. The second-order valence-corrected chi connectivity index (χ2v) is 8.65. The van der Waals surface area contributed by atoms with Crippen molar-refractivity contribution in [2.24, 2.45) is 0 Å². The molecule has 1 aliphatic rings. The molecule has 2 aromatic heterocycles. The van der Waals surface area contributed by atoms with E-state index < -0.39 is 0 Å². The Kier molecular flexibility index (Phi) is 4.48. The van der Waals surface area contributed by atoms with Crippen molar-refractivity contribution >= 4 is 33.4 Å². The molecule has 0 atom stereocenters. The van der Waals surface area contributed by atoms with Crippen LogP contribution >= 0.6 is 0 Å². The fourth-order valence-corrected chi connectivity index (χ4v) is 5.01. The fraction of sp³-hybridized carbons (Fsp3) is 0.111. The number of hydrogen-bond acceptors (Lipinski definition) is 6. The SMILES string of the molecule is c1ccc(C2N(Cn3nnc4ccccc43)c3ccccc3N2Cn2nnc3ccccc32)cc1. The van der Waals surface area contributed by atoms with Crippen LogP contribution in [0.25, 0.3) is 22.1 Å². The summed E-state index contributed by atoms with van der Waals surface area (Å²) in [6.07, 6.45) is -0.0560. The van der Waals surface area contributed by atoms with E-state index in [4.69, 9.17) is 0 Å². The first-order valence-corrected chi connectivity index (χ1v) is 11.6. The molecule has 8 nitrogen and oxygen atoms in total. The largest absolute Gasteiger partial charge is 0.326 e. The van der Waals surface area contributed by atoms with Gasteiger partial charge in [-0.15, -0.1) is 10.2 Å².